The lowest BCUT2D eigenvalue weighted by molar-refractivity contribution is 0.570. The number of hydrogen-bond acceptors (Lipinski definition) is 4. The van der Waals surface area contributed by atoms with Crippen LogP contribution in [0, 0.1) is 0 Å². The lowest BCUT2D eigenvalue weighted by atomic mass is 10.1. The molecule has 1 unspecified atom stereocenters. The topological polar surface area (TPSA) is 59.9 Å². The number of sulfone groups is 1. The highest BCUT2D eigenvalue weighted by Crippen LogP contribution is 2.27. The molecule has 0 aromatic carbocycles. The lowest BCUT2D eigenvalue weighted by Crippen LogP contribution is -2.21. The molecule has 1 atom stereocenters. The van der Waals surface area contributed by atoms with Gasteiger partial charge in [0, 0.05) is 11.8 Å². The minimum Gasteiger partial charge on any atom is -0.226 e. The lowest BCUT2D eigenvalue weighted by Gasteiger charge is -2.08. The number of hydrogen-bond donors (Lipinski definition) is 0. The Hall–Kier alpha value is -0.680. The number of nitrogens with zero attached hydrogens (tertiary/aromatic N) is 2. The van der Waals surface area contributed by atoms with Crippen LogP contribution in [0.15, 0.2) is 11.4 Å². The molecule has 6 heteroatoms. The third-order valence-corrected chi connectivity index (χ3v) is 4.80. The fourth-order valence-electron chi connectivity index (χ4n) is 1.51. The molecule has 0 spiro atoms. The van der Waals surface area contributed by atoms with Crippen LogP contribution in [0.2, 0.25) is 5.15 Å². The molecule has 1 aromatic heterocycles. The molecule has 0 saturated carbocycles. The second kappa shape index (κ2) is 3.17. The summed E-state index contributed by atoms with van der Waals surface area (Å²) in [5.74, 6) is 0. The number of fused-ring (bicyclic) bond motifs is 4. The zero-order valence-electron chi connectivity index (χ0n) is 7.57. The third kappa shape index (κ3) is 1.31. The van der Waals surface area contributed by atoms with Crippen LogP contribution >= 0.6 is 11.6 Å². The molecule has 0 radical (unpaired) electrons. The van der Waals surface area contributed by atoms with E-state index < -0.39 is 15.1 Å². The maximum absolute atomic E-state index is 11.8. The molecule has 2 aliphatic rings. The van der Waals surface area contributed by atoms with E-state index in [-0.39, 0.29) is 10.3 Å². The largest absolute Gasteiger partial charge is 0.248 e. The molecule has 14 heavy (non-hydrogen) atoms. The summed E-state index contributed by atoms with van der Waals surface area (Å²) in [7, 11) is -3.37. The molecule has 1 aromatic rings. The number of aromatic nitrogens is 2. The van der Waals surface area contributed by atoms with Crippen LogP contribution in [-0.4, -0.2) is 23.6 Å². The van der Waals surface area contributed by atoms with Crippen LogP contribution < -0.4 is 0 Å². The van der Waals surface area contributed by atoms with E-state index in [0.717, 1.165) is 0 Å². The third-order valence-electron chi connectivity index (χ3n) is 2.39. The van der Waals surface area contributed by atoms with E-state index in [9.17, 15) is 8.42 Å². The minimum absolute atomic E-state index is 0.143. The van der Waals surface area contributed by atoms with E-state index in [2.05, 4.69) is 9.97 Å². The Morgan fingerprint density at radius 2 is 2.36 bits per heavy atom. The normalized spacial score (nSPS) is 23.4. The highest BCUT2D eigenvalue weighted by Gasteiger charge is 2.33. The first-order valence-corrected chi connectivity index (χ1v) is 6.23. The van der Waals surface area contributed by atoms with Crippen LogP contribution in [0.5, 0.6) is 0 Å². The van der Waals surface area contributed by atoms with Crippen LogP contribution in [0.4, 0.5) is 0 Å². The summed E-state index contributed by atoms with van der Waals surface area (Å²) in [4.78, 5) is 7.56. The van der Waals surface area contributed by atoms with Crippen molar-refractivity contribution in [2.45, 2.75) is 30.2 Å². The molecule has 76 valence electrons. The van der Waals surface area contributed by atoms with Gasteiger partial charge in [0.2, 0.25) is 15.0 Å². The van der Waals surface area contributed by atoms with Gasteiger partial charge in [-0.15, -0.1) is 0 Å². The minimum atomic E-state index is -3.37. The van der Waals surface area contributed by atoms with E-state index in [1.165, 1.54) is 6.20 Å². The molecule has 0 aliphatic carbocycles. The Morgan fingerprint density at radius 3 is 2.93 bits per heavy atom. The van der Waals surface area contributed by atoms with Gasteiger partial charge in [-0.2, -0.15) is 0 Å². The Labute approximate surface area is 87.3 Å². The van der Waals surface area contributed by atoms with Gasteiger partial charge in [0.25, 0.3) is 0 Å². The Kier molecular flexibility index (Phi) is 2.23. The summed E-state index contributed by atoms with van der Waals surface area (Å²) in [6.45, 7) is 1.84. The van der Waals surface area contributed by atoms with E-state index in [0.29, 0.717) is 18.4 Å². The fraction of sp³-hybridized carbons (Fsp3) is 0.500. The standard InChI is InChI=1S/C8H9ClN2O2S/c1-2-6-3-5-4-10-8(11-7(5)9)14(6,12)13/h4,6H,2-3H2,1H3. The van der Waals surface area contributed by atoms with Crippen molar-refractivity contribution in [2.24, 2.45) is 0 Å². The van der Waals surface area contributed by atoms with Crippen molar-refractivity contribution in [2.75, 3.05) is 0 Å². The molecule has 0 N–H and O–H groups in total. The summed E-state index contributed by atoms with van der Waals surface area (Å²) in [6.07, 6.45) is 2.46. The van der Waals surface area contributed by atoms with E-state index in [4.69, 9.17) is 11.6 Å². The predicted molar refractivity (Wildman–Crippen MR) is 52.0 cm³/mol. The second-order valence-electron chi connectivity index (χ2n) is 3.25. The smallest absolute Gasteiger partial charge is 0.226 e. The van der Waals surface area contributed by atoms with Gasteiger partial charge in [0.1, 0.15) is 5.15 Å². The zero-order valence-corrected chi connectivity index (χ0v) is 9.14. The molecule has 2 bridgehead atoms. The van der Waals surface area contributed by atoms with Gasteiger partial charge in [0.15, 0.2) is 0 Å². The van der Waals surface area contributed by atoms with Crippen LogP contribution in [0.3, 0.4) is 0 Å². The van der Waals surface area contributed by atoms with Gasteiger partial charge in [-0.25, -0.2) is 18.4 Å². The molecule has 4 nitrogen and oxygen atoms in total. The highest BCUT2D eigenvalue weighted by molar-refractivity contribution is 7.91. The van der Waals surface area contributed by atoms with Crippen molar-refractivity contribution in [1.82, 2.24) is 9.97 Å². The monoisotopic (exact) mass is 232 g/mol. The van der Waals surface area contributed by atoms with E-state index in [1.54, 1.807) is 0 Å². The first-order valence-electron chi connectivity index (χ1n) is 4.31. The van der Waals surface area contributed by atoms with E-state index in [1.807, 2.05) is 6.92 Å². The van der Waals surface area contributed by atoms with Crippen LogP contribution in [0.25, 0.3) is 0 Å². The maximum atomic E-state index is 11.8. The fourth-order valence-corrected chi connectivity index (χ4v) is 3.32. The van der Waals surface area contributed by atoms with Crippen molar-refractivity contribution in [3.05, 3.63) is 16.9 Å². The van der Waals surface area contributed by atoms with Crippen LogP contribution in [0.1, 0.15) is 18.9 Å². The van der Waals surface area contributed by atoms with Gasteiger partial charge < -0.3 is 0 Å². The Bertz CT molecular complexity index is 472. The van der Waals surface area contributed by atoms with Gasteiger partial charge in [-0.3, -0.25) is 0 Å². The van der Waals surface area contributed by atoms with Gasteiger partial charge in [-0.1, -0.05) is 18.5 Å². The highest BCUT2D eigenvalue weighted by atomic mass is 35.5. The van der Waals surface area contributed by atoms with Crippen molar-refractivity contribution in [1.29, 1.82) is 0 Å². The summed E-state index contributed by atoms with van der Waals surface area (Å²) in [5, 5.41) is -0.319. The summed E-state index contributed by atoms with van der Waals surface area (Å²) in [6, 6.07) is 0. The first kappa shape index (κ1) is 9.86. The molecular formula is C8H9ClN2O2S. The zero-order chi connectivity index (χ0) is 10.3. The van der Waals surface area contributed by atoms with Gasteiger partial charge in [0.05, 0.1) is 5.25 Å². The molecule has 3 heterocycles. The molecule has 0 fully saturated rings. The number of rotatable bonds is 1. The van der Waals surface area contributed by atoms with Crippen molar-refractivity contribution >= 4 is 21.4 Å². The maximum Gasteiger partial charge on any atom is 0.248 e. The Balaban J connectivity index is 2.67. The summed E-state index contributed by atoms with van der Waals surface area (Å²) in [5.41, 5.74) is 0.711. The molecule has 3 rings (SSSR count). The van der Waals surface area contributed by atoms with Crippen molar-refractivity contribution in [3.63, 3.8) is 0 Å². The van der Waals surface area contributed by atoms with Gasteiger partial charge in [-0.05, 0) is 12.8 Å². The number of halogens is 1. The Morgan fingerprint density at radius 1 is 1.64 bits per heavy atom. The molecular weight excluding hydrogens is 224 g/mol. The van der Waals surface area contributed by atoms with Crippen molar-refractivity contribution < 1.29 is 8.42 Å². The quantitative estimate of drug-likeness (QED) is 0.540. The average molecular weight is 233 g/mol. The first-order chi connectivity index (χ1) is 6.55. The second-order valence-corrected chi connectivity index (χ2v) is 5.73. The summed E-state index contributed by atoms with van der Waals surface area (Å²) >= 11 is 5.80. The van der Waals surface area contributed by atoms with Gasteiger partial charge >= 0.3 is 0 Å². The SMILES string of the molecule is CCC1Cc2cnc(nc2Cl)S1(=O)=O. The average Bonchev–Trinajstić information content (AvgIpc) is 2.30. The van der Waals surface area contributed by atoms with Crippen molar-refractivity contribution in [3.8, 4) is 0 Å². The molecule has 2 aliphatic heterocycles. The summed E-state index contributed by atoms with van der Waals surface area (Å²) < 4.78 is 23.7. The predicted octanol–water partition coefficient (Wildman–Crippen LogP) is 1.24. The van der Waals surface area contributed by atoms with E-state index >= 15 is 0 Å². The van der Waals surface area contributed by atoms with Crippen LogP contribution in [-0.2, 0) is 16.3 Å². The molecule has 0 saturated heterocycles. The molecule has 0 amide bonds.